The molecule has 0 aromatic heterocycles. The summed E-state index contributed by atoms with van der Waals surface area (Å²) < 4.78 is 40.6. The molecule has 0 atom stereocenters. The van der Waals surface area contributed by atoms with Crippen molar-refractivity contribution in [1.82, 2.24) is 5.32 Å². The number of carbonyl (C=O) groups excluding carboxylic acids is 1. The average molecular weight is 484 g/mol. The Labute approximate surface area is 200 Å². The first-order chi connectivity index (χ1) is 16.2. The maximum Gasteiger partial charge on any atom is 0.417 e. The SMILES string of the molecule is C=C=CN(C(=N)c1ccccc1C(F)(F)F)c1cccc(-c2ccc(Cl)c(C(=O)NCC)c2)c1. The Morgan fingerprint density at radius 1 is 1.09 bits per heavy atom. The van der Waals surface area contributed by atoms with Crippen LogP contribution in [0, 0.1) is 5.41 Å². The normalized spacial score (nSPS) is 10.9. The van der Waals surface area contributed by atoms with Gasteiger partial charge in [-0.2, -0.15) is 13.2 Å². The van der Waals surface area contributed by atoms with Gasteiger partial charge in [0, 0.05) is 17.8 Å². The van der Waals surface area contributed by atoms with E-state index in [-0.39, 0.29) is 17.3 Å². The summed E-state index contributed by atoms with van der Waals surface area (Å²) in [5.74, 6) is -0.701. The Balaban J connectivity index is 2.06. The minimum Gasteiger partial charge on any atom is -0.352 e. The van der Waals surface area contributed by atoms with Crippen molar-refractivity contribution >= 4 is 29.0 Å². The molecular formula is C26H21ClF3N3O. The van der Waals surface area contributed by atoms with Crippen LogP contribution in [0.5, 0.6) is 0 Å². The highest BCUT2D eigenvalue weighted by atomic mass is 35.5. The first-order valence-electron chi connectivity index (χ1n) is 10.3. The molecule has 3 aromatic carbocycles. The quantitative estimate of drug-likeness (QED) is 0.227. The van der Waals surface area contributed by atoms with E-state index in [2.05, 4.69) is 17.6 Å². The third-order valence-corrected chi connectivity index (χ3v) is 5.28. The van der Waals surface area contributed by atoms with Gasteiger partial charge in [-0.1, -0.05) is 54.6 Å². The van der Waals surface area contributed by atoms with Gasteiger partial charge in [0.2, 0.25) is 0 Å². The van der Waals surface area contributed by atoms with E-state index in [4.69, 9.17) is 17.0 Å². The van der Waals surface area contributed by atoms with Crippen LogP contribution in [0.25, 0.3) is 11.1 Å². The van der Waals surface area contributed by atoms with E-state index < -0.39 is 11.7 Å². The first-order valence-corrected chi connectivity index (χ1v) is 10.6. The molecule has 0 aliphatic rings. The number of benzene rings is 3. The van der Waals surface area contributed by atoms with Crippen molar-refractivity contribution in [2.75, 3.05) is 11.4 Å². The molecule has 8 heteroatoms. The van der Waals surface area contributed by atoms with Crippen molar-refractivity contribution in [3.05, 3.63) is 107 Å². The fourth-order valence-electron chi connectivity index (χ4n) is 3.40. The molecule has 3 aromatic rings. The van der Waals surface area contributed by atoms with Gasteiger partial charge in [0.25, 0.3) is 5.91 Å². The predicted octanol–water partition coefficient (Wildman–Crippen LogP) is 6.91. The Kier molecular flexibility index (Phi) is 7.61. The highest BCUT2D eigenvalue weighted by molar-refractivity contribution is 6.34. The topological polar surface area (TPSA) is 56.2 Å². The summed E-state index contributed by atoms with van der Waals surface area (Å²) in [5.41, 5.74) is 3.43. The van der Waals surface area contributed by atoms with Gasteiger partial charge >= 0.3 is 6.18 Å². The van der Waals surface area contributed by atoms with Gasteiger partial charge in [-0.05, 0) is 48.4 Å². The van der Waals surface area contributed by atoms with Crippen molar-refractivity contribution in [3.8, 4) is 11.1 Å². The molecule has 0 saturated heterocycles. The average Bonchev–Trinajstić information content (AvgIpc) is 2.82. The lowest BCUT2D eigenvalue weighted by Crippen LogP contribution is -2.27. The molecule has 4 nitrogen and oxygen atoms in total. The molecule has 0 fully saturated rings. The Hall–Kier alpha value is -3.80. The maximum absolute atomic E-state index is 13.5. The van der Waals surface area contributed by atoms with Gasteiger partial charge in [0.1, 0.15) is 5.84 Å². The second kappa shape index (κ2) is 10.4. The van der Waals surface area contributed by atoms with Gasteiger partial charge in [0.05, 0.1) is 22.3 Å². The van der Waals surface area contributed by atoms with Crippen LogP contribution >= 0.6 is 11.6 Å². The lowest BCUT2D eigenvalue weighted by Gasteiger charge is -2.23. The van der Waals surface area contributed by atoms with E-state index in [1.165, 1.54) is 29.3 Å². The molecule has 1 amide bonds. The lowest BCUT2D eigenvalue weighted by atomic mass is 10.0. The molecule has 2 N–H and O–H groups in total. The highest BCUT2D eigenvalue weighted by Crippen LogP contribution is 2.34. The van der Waals surface area contributed by atoms with Crippen molar-refractivity contribution < 1.29 is 18.0 Å². The zero-order valence-corrected chi connectivity index (χ0v) is 19.0. The summed E-state index contributed by atoms with van der Waals surface area (Å²) in [5, 5.41) is 11.5. The summed E-state index contributed by atoms with van der Waals surface area (Å²) in [6, 6.07) is 16.7. The number of anilines is 1. The number of halogens is 4. The number of hydrogen-bond donors (Lipinski definition) is 2. The number of amides is 1. The fourth-order valence-corrected chi connectivity index (χ4v) is 3.60. The highest BCUT2D eigenvalue weighted by Gasteiger charge is 2.34. The van der Waals surface area contributed by atoms with Crippen LogP contribution in [0.2, 0.25) is 5.02 Å². The minimum absolute atomic E-state index is 0.281. The first kappa shape index (κ1) is 24.8. The standard InChI is InChI=1S/C26H21ClF3N3O/c1-3-14-33(24(31)20-10-5-6-11-22(20)26(28,29)30)19-9-7-8-17(15-19)18-12-13-23(27)21(16-18)25(34)32-4-2/h5-16,31H,1,4H2,2H3,(H,32,34). The summed E-state index contributed by atoms with van der Waals surface area (Å²) >= 11 is 6.19. The molecule has 0 aliphatic carbocycles. The van der Waals surface area contributed by atoms with Gasteiger partial charge in [-0.25, -0.2) is 0 Å². The van der Waals surface area contributed by atoms with Crippen LogP contribution in [0.1, 0.15) is 28.4 Å². The molecule has 0 spiro atoms. The van der Waals surface area contributed by atoms with E-state index >= 15 is 0 Å². The summed E-state index contributed by atoms with van der Waals surface area (Å²) in [6.07, 6.45) is -3.32. The van der Waals surface area contributed by atoms with Crippen molar-refractivity contribution in [1.29, 1.82) is 5.41 Å². The number of nitrogens with zero attached hydrogens (tertiary/aromatic N) is 1. The molecule has 174 valence electrons. The van der Waals surface area contributed by atoms with Crippen LogP contribution in [0.4, 0.5) is 18.9 Å². The summed E-state index contributed by atoms with van der Waals surface area (Å²) in [6.45, 7) is 5.75. The molecular weight excluding hydrogens is 463 g/mol. The summed E-state index contributed by atoms with van der Waals surface area (Å²) in [4.78, 5) is 13.6. The van der Waals surface area contributed by atoms with Crippen LogP contribution in [0.15, 0.2) is 85.2 Å². The smallest absolute Gasteiger partial charge is 0.352 e. The van der Waals surface area contributed by atoms with E-state index in [0.717, 1.165) is 6.07 Å². The lowest BCUT2D eigenvalue weighted by molar-refractivity contribution is -0.137. The van der Waals surface area contributed by atoms with Crippen LogP contribution < -0.4 is 10.2 Å². The molecule has 0 bridgehead atoms. The monoisotopic (exact) mass is 483 g/mol. The second-order valence-electron chi connectivity index (χ2n) is 7.20. The van der Waals surface area contributed by atoms with Gasteiger partial charge < -0.3 is 5.32 Å². The fraction of sp³-hybridized carbons (Fsp3) is 0.115. The Morgan fingerprint density at radius 2 is 1.79 bits per heavy atom. The third kappa shape index (κ3) is 5.39. The maximum atomic E-state index is 13.5. The van der Waals surface area contributed by atoms with Gasteiger partial charge in [-0.15, -0.1) is 5.73 Å². The number of alkyl halides is 3. The minimum atomic E-state index is -4.62. The number of nitrogens with one attached hydrogen (secondary N) is 2. The molecule has 0 heterocycles. The molecule has 3 rings (SSSR count). The van der Waals surface area contributed by atoms with E-state index in [1.807, 2.05) is 0 Å². The molecule has 0 radical (unpaired) electrons. The van der Waals surface area contributed by atoms with Crippen molar-refractivity contribution in [2.45, 2.75) is 13.1 Å². The van der Waals surface area contributed by atoms with Gasteiger partial charge in [0.15, 0.2) is 0 Å². The second-order valence-corrected chi connectivity index (χ2v) is 7.61. The van der Waals surface area contributed by atoms with Gasteiger partial charge in [-0.3, -0.25) is 15.1 Å². The van der Waals surface area contributed by atoms with Crippen LogP contribution in [0.3, 0.4) is 0 Å². The number of hydrogen-bond acceptors (Lipinski definition) is 2. The van der Waals surface area contributed by atoms with Crippen molar-refractivity contribution in [2.24, 2.45) is 0 Å². The molecule has 34 heavy (non-hydrogen) atoms. The Bertz CT molecular complexity index is 1280. The molecule has 0 saturated carbocycles. The van der Waals surface area contributed by atoms with E-state index in [9.17, 15) is 18.0 Å². The largest absolute Gasteiger partial charge is 0.417 e. The molecule has 0 unspecified atom stereocenters. The van der Waals surface area contributed by atoms with E-state index in [1.54, 1.807) is 49.4 Å². The van der Waals surface area contributed by atoms with Crippen molar-refractivity contribution in [3.63, 3.8) is 0 Å². The molecule has 0 aliphatic heterocycles. The third-order valence-electron chi connectivity index (χ3n) is 4.95. The van der Waals surface area contributed by atoms with Crippen LogP contribution in [-0.2, 0) is 6.18 Å². The van der Waals surface area contributed by atoms with E-state index in [0.29, 0.717) is 33.9 Å². The number of rotatable bonds is 6. The Morgan fingerprint density at radius 3 is 2.47 bits per heavy atom. The summed E-state index contributed by atoms with van der Waals surface area (Å²) in [7, 11) is 0. The number of amidine groups is 1. The van der Waals surface area contributed by atoms with Crippen LogP contribution in [-0.4, -0.2) is 18.3 Å². The zero-order chi connectivity index (χ0) is 24.9. The zero-order valence-electron chi connectivity index (χ0n) is 18.2. The predicted molar refractivity (Wildman–Crippen MR) is 129 cm³/mol. The number of carbonyl (C=O) groups is 1.